The molecule has 1 N–H and O–H groups in total. The van der Waals surface area contributed by atoms with Crippen molar-refractivity contribution in [2.24, 2.45) is 11.8 Å². The summed E-state index contributed by atoms with van der Waals surface area (Å²) in [6.45, 7) is 4.45. The van der Waals surface area contributed by atoms with E-state index in [0.717, 1.165) is 56.7 Å². The molecule has 1 heterocycles. The quantitative estimate of drug-likeness (QED) is 0.667. The highest BCUT2D eigenvalue weighted by atomic mass is 32.2. The zero-order valence-electron chi connectivity index (χ0n) is 18.1. The summed E-state index contributed by atoms with van der Waals surface area (Å²) in [6.07, 6.45) is 5.43. The molecule has 0 radical (unpaired) electrons. The van der Waals surface area contributed by atoms with E-state index in [1.165, 1.54) is 4.31 Å². The molecule has 9 heteroatoms. The third-order valence-electron chi connectivity index (χ3n) is 6.49. The number of nitrogens with zero attached hydrogens (tertiary/aromatic N) is 1. The normalized spacial score (nSPS) is 25.1. The molecule has 1 saturated heterocycles. The van der Waals surface area contributed by atoms with Crippen molar-refractivity contribution in [3.05, 3.63) is 29.6 Å². The minimum absolute atomic E-state index is 0.0436. The third kappa shape index (κ3) is 5.63. The number of esters is 1. The number of hydrogen-bond acceptors (Lipinski definition) is 5. The van der Waals surface area contributed by atoms with Gasteiger partial charge in [0.2, 0.25) is 10.0 Å². The highest BCUT2D eigenvalue weighted by Gasteiger charge is 2.30. The van der Waals surface area contributed by atoms with E-state index in [1.54, 1.807) is 0 Å². The molecule has 1 amide bonds. The molecule has 0 aromatic heterocycles. The second kappa shape index (κ2) is 10.1. The Morgan fingerprint density at radius 1 is 1.13 bits per heavy atom. The van der Waals surface area contributed by atoms with Gasteiger partial charge in [0.15, 0.2) is 6.61 Å². The van der Waals surface area contributed by atoms with Crippen LogP contribution in [0.15, 0.2) is 23.1 Å². The number of ether oxygens (including phenoxy) is 1. The molecule has 2 fully saturated rings. The first-order valence-electron chi connectivity index (χ1n) is 11.0. The van der Waals surface area contributed by atoms with E-state index in [-0.39, 0.29) is 11.6 Å². The standard InChI is InChI=1S/C22H31FN2O5S/c1-15-7-6-8-19(16(15)2)24-21(26)14-30-22(27)17-9-10-18(23)20(13-17)31(28,29)25-11-4-3-5-12-25/h9-10,13,15-16,19H,3-8,11-12,14H2,1-2H3,(H,24,26)/t15-,16+,19+/m1/s1. The molecule has 0 spiro atoms. The Hall–Kier alpha value is -2.00. The van der Waals surface area contributed by atoms with Gasteiger partial charge >= 0.3 is 5.97 Å². The first-order chi connectivity index (χ1) is 14.7. The fourth-order valence-electron chi connectivity index (χ4n) is 4.32. The van der Waals surface area contributed by atoms with Crippen LogP contribution in [0.25, 0.3) is 0 Å². The fourth-order valence-corrected chi connectivity index (χ4v) is 5.93. The molecule has 2 aliphatic rings. The van der Waals surface area contributed by atoms with Crippen molar-refractivity contribution in [2.45, 2.75) is 63.3 Å². The molecule has 1 aliphatic carbocycles. The van der Waals surface area contributed by atoms with E-state index < -0.39 is 39.2 Å². The molecule has 1 aromatic carbocycles. The largest absolute Gasteiger partial charge is 0.452 e. The number of carbonyl (C=O) groups is 2. The highest BCUT2D eigenvalue weighted by Crippen LogP contribution is 2.29. The summed E-state index contributed by atoms with van der Waals surface area (Å²) < 4.78 is 46.2. The lowest BCUT2D eigenvalue weighted by molar-refractivity contribution is -0.125. The predicted octanol–water partition coefficient (Wildman–Crippen LogP) is 3.10. The highest BCUT2D eigenvalue weighted by molar-refractivity contribution is 7.89. The monoisotopic (exact) mass is 454 g/mol. The number of sulfonamides is 1. The molecule has 172 valence electrons. The lowest BCUT2D eigenvalue weighted by Crippen LogP contribution is -2.45. The average Bonchev–Trinajstić information content (AvgIpc) is 2.76. The maximum Gasteiger partial charge on any atom is 0.338 e. The van der Waals surface area contributed by atoms with Crippen LogP contribution in [0.2, 0.25) is 0 Å². The van der Waals surface area contributed by atoms with E-state index >= 15 is 0 Å². The summed E-state index contributed by atoms with van der Waals surface area (Å²) in [5.41, 5.74) is -0.107. The van der Waals surface area contributed by atoms with Crippen LogP contribution in [-0.4, -0.2) is 50.3 Å². The molecule has 1 saturated carbocycles. The van der Waals surface area contributed by atoms with Gasteiger partial charge in [-0.2, -0.15) is 4.31 Å². The van der Waals surface area contributed by atoms with Gasteiger partial charge in [-0.05, 0) is 49.3 Å². The fraction of sp³-hybridized carbons (Fsp3) is 0.636. The number of benzene rings is 1. The molecule has 3 atom stereocenters. The van der Waals surface area contributed by atoms with E-state index in [0.29, 0.717) is 24.9 Å². The van der Waals surface area contributed by atoms with Crippen LogP contribution < -0.4 is 5.32 Å². The van der Waals surface area contributed by atoms with E-state index in [9.17, 15) is 22.4 Å². The molecule has 1 aromatic rings. The summed E-state index contributed by atoms with van der Waals surface area (Å²) in [6, 6.07) is 3.14. The number of nitrogens with one attached hydrogen (secondary N) is 1. The van der Waals surface area contributed by atoms with E-state index in [4.69, 9.17) is 4.74 Å². The minimum atomic E-state index is -4.04. The Morgan fingerprint density at radius 2 is 1.84 bits per heavy atom. The second-order valence-corrected chi connectivity index (χ2v) is 10.5. The number of amides is 1. The number of rotatable bonds is 6. The molecule has 31 heavy (non-hydrogen) atoms. The van der Waals surface area contributed by atoms with Gasteiger partial charge in [0.1, 0.15) is 10.7 Å². The average molecular weight is 455 g/mol. The summed E-state index contributed by atoms with van der Waals surface area (Å²) in [7, 11) is -4.04. The van der Waals surface area contributed by atoms with Crippen molar-refractivity contribution in [1.82, 2.24) is 9.62 Å². The number of carbonyl (C=O) groups excluding carboxylic acids is 2. The zero-order valence-corrected chi connectivity index (χ0v) is 18.9. The first kappa shape index (κ1) is 23.7. The molecule has 1 aliphatic heterocycles. The molecule has 0 unspecified atom stereocenters. The Kier molecular flexibility index (Phi) is 7.69. The van der Waals surface area contributed by atoms with Crippen molar-refractivity contribution in [2.75, 3.05) is 19.7 Å². The molecular weight excluding hydrogens is 423 g/mol. The van der Waals surface area contributed by atoms with Crippen LogP contribution in [0, 0.1) is 17.7 Å². The van der Waals surface area contributed by atoms with Crippen molar-refractivity contribution in [3.63, 3.8) is 0 Å². The van der Waals surface area contributed by atoms with E-state index in [1.807, 2.05) is 0 Å². The van der Waals surface area contributed by atoms with Crippen LogP contribution in [0.3, 0.4) is 0 Å². The summed E-state index contributed by atoms with van der Waals surface area (Å²) >= 11 is 0. The molecular formula is C22H31FN2O5S. The first-order valence-corrected chi connectivity index (χ1v) is 12.4. The van der Waals surface area contributed by atoms with Crippen LogP contribution in [0.1, 0.15) is 62.7 Å². The third-order valence-corrected chi connectivity index (χ3v) is 8.40. The molecule has 3 rings (SSSR count). The van der Waals surface area contributed by atoms with Gasteiger partial charge in [-0.1, -0.05) is 33.1 Å². The van der Waals surface area contributed by atoms with Crippen molar-refractivity contribution in [3.8, 4) is 0 Å². The smallest absolute Gasteiger partial charge is 0.338 e. The number of piperidine rings is 1. The van der Waals surface area contributed by atoms with Gasteiger partial charge in [0.05, 0.1) is 5.56 Å². The van der Waals surface area contributed by atoms with Gasteiger partial charge in [-0.15, -0.1) is 0 Å². The van der Waals surface area contributed by atoms with Crippen molar-refractivity contribution in [1.29, 1.82) is 0 Å². The Bertz CT molecular complexity index is 914. The lowest BCUT2D eigenvalue weighted by Gasteiger charge is -2.34. The van der Waals surface area contributed by atoms with Crippen LogP contribution >= 0.6 is 0 Å². The van der Waals surface area contributed by atoms with Crippen LogP contribution in [0.5, 0.6) is 0 Å². The van der Waals surface area contributed by atoms with Crippen LogP contribution in [-0.2, 0) is 19.6 Å². The topological polar surface area (TPSA) is 92.8 Å². The Morgan fingerprint density at radius 3 is 2.55 bits per heavy atom. The van der Waals surface area contributed by atoms with Crippen molar-refractivity contribution >= 4 is 21.9 Å². The number of hydrogen-bond donors (Lipinski definition) is 1. The van der Waals surface area contributed by atoms with Crippen LogP contribution in [0.4, 0.5) is 4.39 Å². The van der Waals surface area contributed by atoms with Gasteiger partial charge < -0.3 is 10.1 Å². The summed E-state index contributed by atoms with van der Waals surface area (Å²) in [5, 5.41) is 2.91. The van der Waals surface area contributed by atoms with E-state index in [2.05, 4.69) is 19.2 Å². The second-order valence-electron chi connectivity index (χ2n) is 8.63. The minimum Gasteiger partial charge on any atom is -0.452 e. The Balaban J connectivity index is 1.63. The van der Waals surface area contributed by atoms with Gasteiger partial charge in [0.25, 0.3) is 5.91 Å². The number of halogens is 1. The van der Waals surface area contributed by atoms with Gasteiger partial charge in [-0.3, -0.25) is 4.79 Å². The Labute approximate surface area is 183 Å². The maximum atomic E-state index is 14.3. The zero-order chi connectivity index (χ0) is 22.6. The van der Waals surface area contributed by atoms with Crippen molar-refractivity contribution < 1.29 is 27.1 Å². The predicted molar refractivity (Wildman–Crippen MR) is 113 cm³/mol. The lowest BCUT2D eigenvalue weighted by atomic mass is 9.78. The maximum absolute atomic E-state index is 14.3. The van der Waals surface area contributed by atoms with Gasteiger partial charge in [-0.25, -0.2) is 17.6 Å². The molecule has 0 bridgehead atoms. The van der Waals surface area contributed by atoms with Gasteiger partial charge in [0, 0.05) is 19.1 Å². The molecule has 7 nitrogen and oxygen atoms in total. The summed E-state index contributed by atoms with van der Waals surface area (Å²) in [4.78, 5) is 24.1. The summed E-state index contributed by atoms with van der Waals surface area (Å²) in [5.74, 6) is -1.33. The SMILES string of the molecule is C[C@H]1[C@H](C)CCC[C@@H]1NC(=O)COC(=O)c1ccc(F)c(S(=O)(=O)N2CCCCC2)c1.